The van der Waals surface area contributed by atoms with Crippen molar-refractivity contribution in [3.05, 3.63) is 11.8 Å². The summed E-state index contributed by atoms with van der Waals surface area (Å²) in [7, 11) is 0. The second-order valence-electron chi connectivity index (χ2n) is 4.70. The smallest absolute Gasteiger partial charge is 0.321 e. The number of nitrogens with zero attached hydrogens (tertiary/aromatic N) is 1. The molecule has 0 spiro atoms. The van der Waals surface area contributed by atoms with E-state index in [0.717, 1.165) is 13.1 Å². The van der Waals surface area contributed by atoms with Crippen LogP contribution in [0, 0.1) is 5.41 Å². The van der Waals surface area contributed by atoms with Crippen molar-refractivity contribution in [2.24, 2.45) is 5.41 Å². The van der Waals surface area contributed by atoms with Crippen LogP contribution in [-0.2, 0) is 0 Å². The molecule has 1 N–H and O–H groups in total. The quantitative estimate of drug-likeness (QED) is 0.766. The first-order chi connectivity index (χ1) is 6.82. The van der Waals surface area contributed by atoms with Gasteiger partial charge in [-0.15, -0.1) is 0 Å². The zero-order valence-electron chi connectivity index (χ0n) is 10.8. The maximum atomic E-state index is 11.6. The van der Waals surface area contributed by atoms with Crippen LogP contribution in [0.1, 0.15) is 41.5 Å². The van der Waals surface area contributed by atoms with Gasteiger partial charge < -0.3 is 10.2 Å². The van der Waals surface area contributed by atoms with Gasteiger partial charge in [0.2, 0.25) is 0 Å². The van der Waals surface area contributed by atoms with E-state index in [9.17, 15) is 4.79 Å². The lowest BCUT2D eigenvalue weighted by atomic mass is 9.88. The fourth-order valence-corrected chi connectivity index (χ4v) is 0.989. The third-order valence-electron chi connectivity index (χ3n) is 2.65. The largest absolute Gasteiger partial charge is 0.325 e. The van der Waals surface area contributed by atoms with Crippen molar-refractivity contribution >= 4 is 6.03 Å². The summed E-state index contributed by atoms with van der Waals surface area (Å²) in [5.41, 5.74) is 1.28. The third kappa shape index (κ3) is 4.86. The van der Waals surface area contributed by atoms with Crippen molar-refractivity contribution in [2.75, 3.05) is 13.1 Å². The average Bonchev–Trinajstić information content (AvgIpc) is 2.14. The summed E-state index contributed by atoms with van der Waals surface area (Å²) in [4.78, 5) is 13.4. The highest BCUT2D eigenvalue weighted by Crippen LogP contribution is 2.23. The number of amides is 2. The zero-order chi connectivity index (χ0) is 12.1. The Hall–Kier alpha value is -0.990. The van der Waals surface area contributed by atoms with Crippen LogP contribution in [-0.4, -0.2) is 24.0 Å². The fourth-order valence-electron chi connectivity index (χ4n) is 0.989. The van der Waals surface area contributed by atoms with E-state index in [2.05, 4.69) is 26.1 Å². The molecule has 0 heterocycles. The fraction of sp³-hybridized carbons (Fsp3) is 0.750. The van der Waals surface area contributed by atoms with Crippen molar-refractivity contribution in [1.29, 1.82) is 0 Å². The standard InChI is InChI=1S/C12H24N2O/c1-7-14(8-2)11(15)13-9-10(3)12(4,5)6/h9H,7-8H2,1-6H3,(H,13,15)/b10-9+. The van der Waals surface area contributed by atoms with Crippen LogP contribution in [0.4, 0.5) is 4.79 Å². The van der Waals surface area contributed by atoms with Gasteiger partial charge in [0.05, 0.1) is 0 Å². The Kier molecular flexibility index (Phi) is 5.40. The van der Waals surface area contributed by atoms with Crippen LogP contribution in [0.15, 0.2) is 11.8 Å². The minimum atomic E-state index is -0.0244. The molecule has 0 saturated heterocycles. The van der Waals surface area contributed by atoms with Crippen molar-refractivity contribution < 1.29 is 4.79 Å². The van der Waals surface area contributed by atoms with Gasteiger partial charge in [0.15, 0.2) is 0 Å². The van der Waals surface area contributed by atoms with Crippen LogP contribution in [0.5, 0.6) is 0 Å². The summed E-state index contributed by atoms with van der Waals surface area (Å²) in [6, 6.07) is -0.0244. The predicted octanol–water partition coefficient (Wildman–Crippen LogP) is 2.99. The molecule has 3 heteroatoms. The Labute approximate surface area is 93.5 Å². The first-order valence-corrected chi connectivity index (χ1v) is 5.55. The van der Waals surface area contributed by atoms with Gasteiger partial charge in [0.1, 0.15) is 0 Å². The second-order valence-corrected chi connectivity index (χ2v) is 4.70. The molecule has 15 heavy (non-hydrogen) atoms. The second kappa shape index (κ2) is 5.79. The van der Waals surface area contributed by atoms with Gasteiger partial charge in [-0.3, -0.25) is 0 Å². The molecule has 2 amide bonds. The lowest BCUT2D eigenvalue weighted by Crippen LogP contribution is -2.37. The third-order valence-corrected chi connectivity index (χ3v) is 2.65. The number of carbonyl (C=O) groups excluding carboxylic acids is 1. The van der Waals surface area contributed by atoms with Gasteiger partial charge in [-0.25, -0.2) is 4.79 Å². The Morgan fingerprint density at radius 2 is 1.73 bits per heavy atom. The van der Waals surface area contributed by atoms with Crippen LogP contribution >= 0.6 is 0 Å². The number of rotatable bonds is 3. The van der Waals surface area contributed by atoms with Gasteiger partial charge >= 0.3 is 6.03 Å². The molecular weight excluding hydrogens is 188 g/mol. The maximum Gasteiger partial charge on any atom is 0.321 e. The minimum absolute atomic E-state index is 0.0244. The normalized spacial score (nSPS) is 12.5. The minimum Gasteiger partial charge on any atom is -0.325 e. The predicted molar refractivity (Wildman–Crippen MR) is 64.7 cm³/mol. The number of allylic oxidation sites excluding steroid dienone is 1. The molecule has 0 aliphatic heterocycles. The highest BCUT2D eigenvalue weighted by Gasteiger charge is 2.13. The molecule has 0 aromatic rings. The van der Waals surface area contributed by atoms with E-state index in [1.54, 1.807) is 11.1 Å². The number of hydrogen-bond acceptors (Lipinski definition) is 1. The zero-order valence-corrected chi connectivity index (χ0v) is 10.8. The summed E-state index contributed by atoms with van der Waals surface area (Å²) in [6.07, 6.45) is 1.81. The van der Waals surface area contributed by atoms with Gasteiger partial charge in [-0.05, 0) is 26.2 Å². The van der Waals surface area contributed by atoms with Gasteiger partial charge in [0.25, 0.3) is 0 Å². The highest BCUT2D eigenvalue weighted by molar-refractivity contribution is 5.75. The molecule has 0 aliphatic rings. The van der Waals surface area contributed by atoms with E-state index in [1.165, 1.54) is 5.57 Å². The summed E-state index contributed by atoms with van der Waals surface area (Å²) in [5.74, 6) is 0. The van der Waals surface area contributed by atoms with Gasteiger partial charge in [0, 0.05) is 19.3 Å². The van der Waals surface area contributed by atoms with Gasteiger partial charge in [-0.1, -0.05) is 26.3 Å². The first-order valence-electron chi connectivity index (χ1n) is 5.55. The molecular formula is C12H24N2O. The van der Waals surface area contributed by atoms with E-state index < -0.39 is 0 Å². The van der Waals surface area contributed by atoms with E-state index in [1.807, 2.05) is 20.8 Å². The lowest BCUT2D eigenvalue weighted by molar-refractivity contribution is 0.207. The first kappa shape index (κ1) is 14.0. The average molecular weight is 212 g/mol. The molecule has 0 atom stereocenters. The number of carbonyl (C=O) groups is 1. The van der Waals surface area contributed by atoms with Crippen LogP contribution in [0.2, 0.25) is 0 Å². The van der Waals surface area contributed by atoms with Crippen LogP contribution in [0.3, 0.4) is 0 Å². The van der Waals surface area contributed by atoms with Crippen molar-refractivity contribution in [2.45, 2.75) is 41.5 Å². The number of urea groups is 1. The maximum absolute atomic E-state index is 11.6. The monoisotopic (exact) mass is 212 g/mol. The molecule has 3 nitrogen and oxygen atoms in total. The summed E-state index contributed by atoms with van der Waals surface area (Å²) in [6.45, 7) is 13.8. The molecule has 88 valence electrons. The Balaban J connectivity index is 4.32. The van der Waals surface area contributed by atoms with Crippen LogP contribution < -0.4 is 5.32 Å². The van der Waals surface area contributed by atoms with Crippen molar-refractivity contribution in [3.63, 3.8) is 0 Å². The molecule has 0 saturated carbocycles. The molecule has 0 bridgehead atoms. The topological polar surface area (TPSA) is 32.3 Å². The highest BCUT2D eigenvalue weighted by atomic mass is 16.2. The lowest BCUT2D eigenvalue weighted by Gasteiger charge is -2.21. The van der Waals surface area contributed by atoms with Crippen molar-refractivity contribution in [1.82, 2.24) is 10.2 Å². The number of hydrogen-bond donors (Lipinski definition) is 1. The molecule has 0 aromatic heterocycles. The van der Waals surface area contributed by atoms with E-state index in [-0.39, 0.29) is 11.4 Å². The van der Waals surface area contributed by atoms with Gasteiger partial charge in [-0.2, -0.15) is 0 Å². The summed E-state index contributed by atoms with van der Waals surface area (Å²) in [5, 5.41) is 2.82. The van der Waals surface area contributed by atoms with Crippen molar-refractivity contribution in [3.8, 4) is 0 Å². The molecule has 0 aliphatic carbocycles. The summed E-state index contributed by atoms with van der Waals surface area (Å²) < 4.78 is 0. The van der Waals surface area contributed by atoms with E-state index >= 15 is 0 Å². The molecule has 0 fully saturated rings. The van der Waals surface area contributed by atoms with E-state index in [4.69, 9.17) is 0 Å². The Morgan fingerprint density at radius 3 is 2.07 bits per heavy atom. The molecule has 0 unspecified atom stereocenters. The molecule has 0 rings (SSSR count). The SMILES string of the molecule is CCN(CC)C(=O)N/C=C(\C)C(C)(C)C. The van der Waals surface area contributed by atoms with Crippen LogP contribution in [0.25, 0.3) is 0 Å². The van der Waals surface area contributed by atoms with E-state index in [0.29, 0.717) is 0 Å². The molecule has 0 aromatic carbocycles. The number of nitrogens with one attached hydrogen (secondary N) is 1. The molecule has 0 radical (unpaired) electrons. The Bertz CT molecular complexity index is 234. The Morgan fingerprint density at radius 1 is 1.27 bits per heavy atom. The summed E-state index contributed by atoms with van der Waals surface area (Å²) >= 11 is 0.